The van der Waals surface area contributed by atoms with E-state index in [1.165, 1.54) is 0 Å². The molecule has 0 unspecified atom stereocenters. The van der Waals surface area contributed by atoms with Crippen LogP contribution >= 0.6 is 11.6 Å². The molecule has 0 aliphatic heterocycles. The largest absolute Gasteiger partial charge is 0.386 e. The van der Waals surface area contributed by atoms with Gasteiger partial charge < -0.3 is 5.73 Å². The average molecular weight is 221 g/mol. The van der Waals surface area contributed by atoms with Gasteiger partial charge in [-0.1, -0.05) is 0 Å². The van der Waals surface area contributed by atoms with Crippen LogP contribution in [0.15, 0.2) is 35.6 Å². The number of hydrogen-bond acceptors (Lipinski definition) is 3. The fourth-order valence-electron chi connectivity index (χ4n) is 1.24. The summed E-state index contributed by atoms with van der Waals surface area (Å²) < 4.78 is 0. The summed E-state index contributed by atoms with van der Waals surface area (Å²) in [6.07, 6.45) is 3.37. The van der Waals surface area contributed by atoms with Gasteiger partial charge in [-0.05, 0) is 18.2 Å². The number of alkyl halides is 1. The Morgan fingerprint density at radius 1 is 1.33 bits per heavy atom. The number of aliphatic imine (C=N–C) groups is 1. The molecule has 2 aromatic heterocycles. The Balaban J connectivity index is 2.61. The lowest BCUT2D eigenvalue weighted by Crippen LogP contribution is -2.12. The third-order valence-corrected chi connectivity index (χ3v) is 2.17. The Labute approximate surface area is 91.8 Å². The highest BCUT2D eigenvalue weighted by molar-refractivity contribution is 6.28. The minimum absolute atomic E-state index is 0.193. The minimum atomic E-state index is 0.193. The number of hydrogen-bond donors (Lipinski definition) is 1. The summed E-state index contributed by atoms with van der Waals surface area (Å²) in [4.78, 5) is 12.4. The maximum absolute atomic E-state index is 5.55. The van der Waals surface area contributed by atoms with E-state index in [9.17, 15) is 0 Å². The first-order valence-corrected chi connectivity index (χ1v) is 4.93. The van der Waals surface area contributed by atoms with Crippen molar-refractivity contribution < 1.29 is 0 Å². The summed E-state index contributed by atoms with van der Waals surface area (Å²) in [7, 11) is 0. The minimum Gasteiger partial charge on any atom is -0.386 e. The number of halogens is 1. The lowest BCUT2D eigenvalue weighted by atomic mass is 10.2. The van der Waals surface area contributed by atoms with Crippen LogP contribution in [0.2, 0.25) is 0 Å². The van der Waals surface area contributed by atoms with E-state index in [2.05, 4.69) is 15.0 Å². The normalized spacial score (nSPS) is 11.9. The molecule has 0 spiro atoms. The number of nitrogens with two attached hydrogens (primary N) is 1. The molecule has 2 heterocycles. The number of nitrogens with zero attached hydrogens (tertiary/aromatic N) is 3. The van der Waals surface area contributed by atoms with E-state index in [1.807, 2.05) is 18.2 Å². The second kappa shape index (κ2) is 4.23. The SMILES string of the molecule is NC(CCl)=Nc1nccc2ncccc12. The molecule has 0 aliphatic rings. The molecule has 0 atom stereocenters. The molecule has 15 heavy (non-hydrogen) atoms. The summed E-state index contributed by atoms with van der Waals surface area (Å²) in [6.45, 7) is 0. The number of rotatable bonds is 2. The molecule has 0 bridgehead atoms. The molecule has 0 amide bonds. The highest BCUT2D eigenvalue weighted by Crippen LogP contribution is 2.20. The molecular weight excluding hydrogens is 212 g/mol. The molecule has 4 nitrogen and oxygen atoms in total. The Bertz CT molecular complexity index is 504. The van der Waals surface area contributed by atoms with Gasteiger partial charge in [-0.25, -0.2) is 9.98 Å². The first-order valence-electron chi connectivity index (χ1n) is 4.40. The fraction of sp³-hybridized carbons (Fsp3) is 0.100. The summed E-state index contributed by atoms with van der Waals surface area (Å²) >= 11 is 5.55. The average Bonchev–Trinajstić information content (AvgIpc) is 2.29. The lowest BCUT2D eigenvalue weighted by molar-refractivity contribution is 1.27. The highest BCUT2D eigenvalue weighted by Gasteiger charge is 2.01. The molecule has 0 saturated carbocycles. The van der Waals surface area contributed by atoms with E-state index in [0.29, 0.717) is 11.7 Å². The zero-order valence-corrected chi connectivity index (χ0v) is 8.65. The molecule has 0 fully saturated rings. The topological polar surface area (TPSA) is 64.2 Å². The van der Waals surface area contributed by atoms with Gasteiger partial charge in [-0.3, -0.25) is 4.98 Å². The summed E-state index contributed by atoms with van der Waals surface area (Å²) in [6, 6.07) is 5.56. The van der Waals surface area contributed by atoms with Gasteiger partial charge in [0.15, 0.2) is 5.82 Å². The molecule has 2 aromatic rings. The Kier molecular flexibility index (Phi) is 2.78. The van der Waals surface area contributed by atoms with Crippen LogP contribution in [-0.4, -0.2) is 21.7 Å². The van der Waals surface area contributed by atoms with Crippen LogP contribution in [0.1, 0.15) is 0 Å². The molecular formula is C10H9ClN4. The Hall–Kier alpha value is -1.68. The van der Waals surface area contributed by atoms with Crippen molar-refractivity contribution in [1.29, 1.82) is 0 Å². The smallest absolute Gasteiger partial charge is 0.163 e. The zero-order valence-electron chi connectivity index (χ0n) is 7.89. The number of fused-ring (bicyclic) bond motifs is 1. The molecule has 76 valence electrons. The first-order chi connectivity index (χ1) is 7.31. The van der Waals surface area contributed by atoms with Crippen LogP contribution in [0.4, 0.5) is 5.82 Å². The maximum atomic E-state index is 5.55. The second-order valence-corrected chi connectivity index (χ2v) is 3.21. The number of pyridine rings is 2. The fourth-order valence-corrected chi connectivity index (χ4v) is 1.30. The quantitative estimate of drug-likeness (QED) is 0.477. The van der Waals surface area contributed by atoms with Crippen molar-refractivity contribution in [2.75, 3.05) is 5.88 Å². The molecule has 0 aromatic carbocycles. The monoisotopic (exact) mass is 220 g/mol. The van der Waals surface area contributed by atoms with Gasteiger partial charge >= 0.3 is 0 Å². The van der Waals surface area contributed by atoms with E-state index < -0.39 is 0 Å². The van der Waals surface area contributed by atoms with Crippen molar-refractivity contribution in [3.05, 3.63) is 30.6 Å². The van der Waals surface area contributed by atoms with Gasteiger partial charge in [0.1, 0.15) is 5.84 Å². The van der Waals surface area contributed by atoms with Crippen LogP contribution in [0.25, 0.3) is 10.9 Å². The van der Waals surface area contributed by atoms with E-state index >= 15 is 0 Å². The molecule has 5 heteroatoms. The molecule has 0 aliphatic carbocycles. The Morgan fingerprint density at radius 2 is 2.20 bits per heavy atom. The third-order valence-electron chi connectivity index (χ3n) is 1.90. The summed E-state index contributed by atoms with van der Waals surface area (Å²) in [5.74, 6) is 1.09. The van der Waals surface area contributed by atoms with Crippen LogP contribution in [0, 0.1) is 0 Å². The molecule has 0 radical (unpaired) electrons. The Morgan fingerprint density at radius 3 is 3.00 bits per heavy atom. The van der Waals surface area contributed by atoms with Crippen molar-refractivity contribution in [2.24, 2.45) is 10.7 Å². The van der Waals surface area contributed by atoms with E-state index in [1.54, 1.807) is 12.4 Å². The van der Waals surface area contributed by atoms with Crippen molar-refractivity contribution in [1.82, 2.24) is 9.97 Å². The summed E-state index contributed by atoms with van der Waals surface area (Å²) in [5, 5.41) is 0.869. The zero-order chi connectivity index (χ0) is 10.7. The van der Waals surface area contributed by atoms with Crippen molar-refractivity contribution in [3.63, 3.8) is 0 Å². The van der Waals surface area contributed by atoms with Gasteiger partial charge in [-0.2, -0.15) is 0 Å². The van der Waals surface area contributed by atoms with Gasteiger partial charge in [-0.15, -0.1) is 11.6 Å². The predicted octanol–water partition coefficient (Wildman–Crippen LogP) is 1.86. The second-order valence-electron chi connectivity index (χ2n) is 2.94. The van der Waals surface area contributed by atoms with Gasteiger partial charge in [0.05, 0.1) is 11.4 Å². The van der Waals surface area contributed by atoms with Crippen LogP contribution in [-0.2, 0) is 0 Å². The molecule has 2 rings (SSSR count). The van der Waals surface area contributed by atoms with E-state index in [-0.39, 0.29) is 5.88 Å². The predicted molar refractivity (Wildman–Crippen MR) is 61.5 cm³/mol. The van der Waals surface area contributed by atoms with Crippen molar-refractivity contribution in [2.45, 2.75) is 0 Å². The van der Waals surface area contributed by atoms with Gasteiger partial charge in [0.2, 0.25) is 0 Å². The first kappa shape index (κ1) is 9.86. The summed E-state index contributed by atoms with van der Waals surface area (Å²) in [5.41, 5.74) is 6.39. The van der Waals surface area contributed by atoms with E-state index in [4.69, 9.17) is 17.3 Å². The standard InChI is InChI=1S/C10H9ClN4/c11-6-9(12)15-10-7-2-1-4-13-8(7)3-5-14-10/h1-5H,6H2,(H2,12,14,15). The molecule has 2 N–H and O–H groups in total. The van der Waals surface area contributed by atoms with Crippen LogP contribution < -0.4 is 5.73 Å². The number of amidine groups is 1. The van der Waals surface area contributed by atoms with Crippen LogP contribution in [0.5, 0.6) is 0 Å². The van der Waals surface area contributed by atoms with Crippen molar-refractivity contribution in [3.8, 4) is 0 Å². The van der Waals surface area contributed by atoms with Gasteiger partial charge in [0.25, 0.3) is 0 Å². The lowest BCUT2D eigenvalue weighted by Gasteiger charge is -2.00. The highest BCUT2D eigenvalue weighted by atomic mass is 35.5. The maximum Gasteiger partial charge on any atom is 0.163 e. The number of aromatic nitrogens is 2. The molecule has 0 saturated heterocycles. The van der Waals surface area contributed by atoms with Crippen molar-refractivity contribution >= 4 is 34.2 Å². The van der Waals surface area contributed by atoms with Crippen LogP contribution in [0.3, 0.4) is 0 Å². The van der Waals surface area contributed by atoms with Gasteiger partial charge in [0, 0.05) is 17.8 Å². The van der Waals surface area contributed by atoms with E-state index in [0.717, 1.165) is 10.9 Å². The third kappa shape index (κ3) is 2.05.